The molecular weight excluding hydrogens is 835 g/mol. The van der Waals surface area contributed by atoms with Crippen molar-refractivity contribution in [1.29, 1.82) is 0 Å². The van der Waals surface area contributed by atoms with Crippen LogP contribution in [0.3, 0.4) is 0 Å². The van der Waals surface area contributed by atoms with E-state index in [0.29, 0.717) is 0 Å². The van der Waals surface area contributed by atoms with Crippen LogP contribution < -0.4 is 0 Å². The van der Waals surface area contributed by atoms with Gasteiger partial charge in [0.1, 0.15) is 0 Å². The summed E-state index contributed by atoms with van der Waals surface area (Å²) < 4.78 is 4.91. The highest BCUT2D eigenvalue weighted by Gasteiger charge is 2.39. The second-order valence-electron chi connectivity index (χ2n) is 17.9. The fraction of sp³-hybridized carbons (Fsp3) is 0.0152. The Bertz CT molecular complexity index is 3820. The lowest BCUT2D eigenvalue weighted by Gasteiger charge is -2.37. The first-order valence-electron chi connectivity index (χ1n) is 23.7. The van der Waals surface area contributed by atoms with E-state index in [1.165, 1.54) is 43.8 Å². The fourth-order valence-corrected chi connectivity index (χ4v) is 11.0. The zero-order chi connectivity index (χ0) is 45.7. The predicted octanol–water partition coefficient (Wildman–Crippen LogP) is 16.7. The van der Waals surface area contributed by atoms with Crippen LogP contribution in [0.2, 0.25) is 0 Å². The zero-order valence-electron chi connectivity index (χ0n) is 37.8. The third-order valence-corrected chi connectivity index (χ3v) is 14.0. The Kier molecular flexibility index (Phi) is 9.73. The number of fused-ring (bicyclic) bond motifs is 6. The van der Waals surface area contributed by atoms with Crippen molar-refractivity contribution in [3.63, 3.8) is 0 Å². The molecule has 0 spiro atoms. The number of nitrogens with zero attached hydrogens (tertiary/aromatic N) is 3. The fourth-order valence-electron chi connectivity index (χ4n) is 11.0. The van der Waals surface area contributed by atoms with Crippen molar-refractivity contribution in [2.75, 3.05) is 0 Å². The van der Waals surface area contributed by atoms with Crippen molar-refractivity contribution in [1.82, 2.24) is 14.1 Å². The number of rotatable bonds is 9. The Hall–Kier alpha value is -9.05. The molecule has 0 amide bonds. The molecule has 0 fully saturated rings. The Labute approximate surface area is 401 Å². The first-order valence-corrected chi connectivity index (χ1v) is 23.7. The van der Waals surface area contributed by atoms with Crippen LogP contribution in [0.15, 0.2) is 273 Å². The smallest absolute Gasteiger partial charge is 0.0716 e. The number of benzene rings is 10. The molecule has 0 aliphatic rings. The maximum absolute atomic E-state index is 5.59. The summed E-state index contributed by atoms with van der Waals surface area (Å²) in [4.78, 5) is 5.59. The molecule has 3 nitrogen and oxygen atoms in total. The predicted molar refractivity (Wildman–Crippen MR) is 288 cm³/mol. The molecule has 0 atom stereocenters. The molecule has 3 heterocycles. The largest absolute Gasteiger partial charge is 0.309 e. The van der Waals surface area contributed by atoms with Crippen LogP contribution >= 0.6 is 0 Å². The minimum Gasteiger partial charge on any atom is -0.309 e. The first kappa shape index (κ1) is 40.2. The average Bonchev–Trinajstić information content (AvgIpc) is 3.94. The van der Waals surface area contributed by atoms with Gasteiger partial charge in [-0.15, -0.1) is 0 Å². The quantitative estimate of drug-likeness (QED) is 0.132. The summed E-state index contributed by atoms with van der Waals surface area (Å²) >= 11 is 0. The van der Waals surface area contributed by atoms with Crippen LogP contribution in [0.4, 0.5) is 0 Å². The van der Waals surface area contributed by atoms with Gasteiger partial charge < -0.3 is 9.13 Å². The summed E-state index contributed by atoms with van der Waals surface area (Å²) in [6, 6.07) is 99.3. The van der Waals surface area contributed by atoms with Crippen molar-refractivity contribution >= 4 is 43.6 Å². The standard InChI is InChI=1S/C66H45N3/c1-7-23-46(24-8-1)48-41-60(47-25-9-2-10-26-47)67-61(42-48)49-39-53(66(50-27-11-3-12-28-50,51-29-13-4-14-30-51)52-31-15-5-16-32-52)43-55(40-49)69-63-38-22-20-36-57(63)59-44-58-56-35-19-21-37-62(56)68(64(58)45-65(59)69)54-33-17-6-18-34-54/h1-45H. The zero-order valence-corrected chi connectivity index (χ0v) is 37.8. The topological polar surface area (TPSA) is 22.8 Å². The normalized spacial score (nSPS) is 11.8. The molecule has 0 saturated heterocycles. The van der Waals surface area contributed by atoms with Crippen molar-refractivity contribution in [2.45, 2.75) is 5.41 Å². The lowest BCUT2D eigenvalue weighted by Crippen LogP contribution is -2.31. The summed E-state index contributed by atoms with van der Waals surface area (Å²) in [7, 11) is 0. The molecule has 0 bridgehead atoms. The molecule has 69 heavy (non-hydrogen) atoms. The molecule has 13 aromatic rings. The van der Waals surface area contributed by atoms with Gasteiger partial charge in [0.15, 0.2) is 0 Å². The third kappa shape index (κ3) is 6.70. The molecule has 10 aromatic carbocycles. The highest BCUT2D eigenvalue weighted by molar-refractivity contribution is 6.19. The SMILES string of the molecule is c1ccc(-c2cc(-c3ccccc3)nc(-c3cc(-n4c5ccccc5c5cc6c7ccccc7n(-c7ccccc7)c6cc54)cc(C(c4ccccc4)(c4ccccc4)c4ccccc4)c3)c2)cc1. The van der Waals surface area contributed by atoms with Crippen LogP contribution in [-0.2, 0) is 5.41 Å². The first-order chi connectivity index (χ1) is 34.2. The summed E-state index contributed by atoms with van der Waals surface area (Å²) in [5, 5.41) is 4.87. The molecule has 3 heteroatoms. The molecule has 324 valence electrons. The molecule has 3 aromatic heterocycles. The van der Waals surface area contributed by atoms with Gasteiger partial charge in [0.2, 0.25) is 0 Å². The highest BCUT2D eigenvalue weighted by atomic mass is 15.0. The van der Waals surface area contributed by atoms with Crippen LogP contribution in [0.25, 0.3) is 88.6 Å². The van der Waals surface area contributed by atoms with Crippen molar-refractivity contribution < 1.29 is 0 Å². The number of para-hydroxylation sites is 3. The second-order valence-corrected chi connectivity index (χ2v) is 17.9. The number of aromatic nitrogens is 3. The summed E-state index contributed by atoms with van der Waals surface area (Å²) in [5.74, 6) is 0. The van der Waals surface area contributed by atoms with Gasteiger partial charge in [0.25, 0.3) is 0 Å². The minimum atomic E-state index is -0.723. The van der Waals surface area contributed by atoms with Gasteiger partial charge in [0.05, 0.1) is 38.9 Å². The average molecular weight is 880 g/mol. The Morgan fingerprint density at radius 3 is 1.19 bits per heavy atom. The summed E-state index contributed by atoms with van der Waals surface area (Å²) in [5.41, 5.74) is 16.9. The van der Waals surface area contributed by atoms with Crippen molar-refractivity contribution in [3.05, 3.63) is 295 Å². The van der Waals surface area contributed by atoms with E-state index < -0.39 is 5.41 Å². The van der Waals surface area contributed by atoms with E-state index in [9.17, 15) is 0 Å². The second kappa shape index (κ2) is 16.7. The van der Waals surface area contributed by atoms with Crippen molar-refractivity contribution in [2.24, 2.45) is 0 Å². The summed E-state index contributed by atoms with van der Waals surface area (Å²) in [6.45, 7) is 0. The Morgan fingerprint density at radius 2 is 0.667 bits per heavy atom. The van der Waals surface area contributed by atoms with E-state index in [1.54, 1.807) is 0 Å². The van der Waals surface area contributed by atoms with Gasteiger partial charge in [-0.2, -0.15) is 0 Å². The highest BCUT2D eigenvalue weighted by Crippen LogP contribution is 2.48. The van der Waals surface area contributed by atoms with Crippen LogP contribution in [0.1, 0.15) is 22.3 Å². The van der Waals surface area contributed by atoms with E-state index >= 15 is 0 Å². The molecular formula is C66H45N3. The van der Waals surface area contributed by atoms with Gasteiger partial charge in [-0.25, -0.2) is 4.98 Å². The lowest BCUT2D eigenvalue weighted by molar-refractivity contribution is 0.744. The van der Waals surface area contributed by atoms with E-state index in [4.69, 9.17) is 4.98 Å². The molecule has 0 aliphatic carbocycles. The molecule has 0 saturated carbocycles. The van der Waals surface area contributed by atoms with E-state index in [-0.39, 0.29) is 0 Å². The lowest BCUT2D eigenvalue weighted by atomic mass is 9.65. The van der Waals surface area contributed by atoms with E-state index in [0.717, 1.165) is 67.1 Å². The van der Waals surface area contributed by atoms with Gasteiger partial charge in [-0.1, -0.05) is 206 Å². The summed E-state index contributed by atoms with van der Waals surface area (Å²) in [6.07, 6.45) is 0. The molecule has 13 rings (SSSR count). The van der Waals surface area contributed by atoms with Crippen molar-refractivity contribution in [3.8, 4) is 45.0 Å². The van der Waals surface area contributed by atoms with E-state index in [1.807, 2.05) is 0 Å². The number of pyridine rings is 1. The molecule has 0 N–H and O–H groups in total. The minimum absolute atomic E-state index is 0.723. The Morgan fingerprint density at radius 1 is 0.246 bits per heavy atom. The maximum Gasteiger partial charge on any atom is 0.0716 e. The number of hydrogen-bond acceptors (Lipinski definition) is 1. The van der Waals surface area contributed by atoms with Crippen LogP contribution in [-0.4, -0.2) is 14.1 Å². The van der Waals surface area contributed by atoms with Gasteiger partial charge in [-0.05, 0) is 100 Å². The van der Waals surface area contributed by atoms with Crippen LogP contribution in [0, 0.1) is 0 Å². The molecule has 0 radical (unpaired) electrons. The maximum atomic E-state index is 5.59. The van der Waals surface area contributed by atoms with Gasteiger partial charge >= 0.3 is 0 Å². The van der Waals surface area contributed by atoms with Crippen LogP contribution in [0.5, 0.6) is 0 Å². The van der Waals surface area contributed by atoms with Gasteiger partial charge in [-0.3, -0.25) is 0 Å². The Balaban J connectivity index is 1.18. The third-order valence-electron chi connectivity index (χ3n) is 14.0. The number of hydrogen-bond donors (Lipinski definition) is 0. The van der Waals surface area contributed by atoms with E-state index in [2.05, 4.69) is 282 Å². The monoisotopic (exact) mass is 879 g/mol. The van der Waals surface area contributed by atoms with Gasteiger partial charge in [0, 0.05) is 44.0 Å². The molecule has 0 unspecified atom stereocenters. The molecule has 0 aliphatic heterocycles.